The summed E-state index contributed by atoms with van der Waals surface area (Å²) in [6.07, 6.45) is 3.67. The minimum atomic E-state index is -0.109. The third-order valence-electron chi connectivity index (χ3n) is 3.38. The first kappa shape index (κ1) is 13.7. The van der Waals surface area contributed by atoms with Crippen LogP contribution < -0.4 is 11.1 Å². The summed E-state index contributed by atoms with van der Waals surface area (Å²) < 4.78 is 5.70. The minimum Gasteiger partial charge on any atom is -0.373 e. The Hall–Kier alpha value is -0.690. The third kappa shape index (κ3) is 2.51. The molecule has 5 nitrogen and oxygen atoms in total. The Kier molecular flexibility index (Phi) is 4.21. The average molecular weight is 290 g/mol. The van der Waals surface area contributed by atoms with Gasteiger partial charge in [-0.3, -0.25) is 4.79 Å². The van der Waals surface area contributed by atoms with Gasteiger partial charge in [0.25, 0.3) is 5.91 Å². The molecule has 18 heavy (non-hydrogen) atoms. The summed E-state index contributed by atoms with van der Waals surface area (Å²) in [7, 11) is 0. The Morgan fingerprint density at radius 1 is 1.61 bits per heavy atom. The fourth-order valence-corrected chi connectivity index (χ4v) is 3.20. The number of thiazole rings is 1. The van der Waals surface area contributed by atoms with Crippen LogP contribution in [0.3, 0.4) is 0 Å². The van der Waals surface area contributed by atoms with Crippen LogP contribution in [-0.2, 0) is 11.3 Å². The van der Waals surface area contributed by atoms with E-state index in [1.54, 1.807) is 5.38 Å². The fourth-order valence-electron chi connectivity index (χ4n) is 2.54. The molecule has 1 aromatic rings. The monoisotopic (exact) mass is 289 g/mol. The second-order valence-corrected chi connectivity index (χ2v) is 5.46. The van der Waals surface area contributed by atoms with E-state index in [2.05, 4.69) is 10.3 Å². The van der Waals surface area contributed by atoms with E-state index >= 15 is 0 Å². The van der Waals surface area contributed by atoms with E-state index in [1.807, 2.05) is 0 Å². The molecule has 3 heterocycles. The smallest absolute Gasteiger partial charge is 0.271 e. The molecule has 0 spiro atoms. The lowest BCUT2D eigenvalue weighted by molar-refractivity contribution is 0.0838. The van der Waals surface area contributed by atoms with E-state index in [0.29, 0.717) is 18.3 Å². The van der Waals surface area contributed by atoms with Gasteiger partial charge < -0.3 is 15.8 Å². The number of aromatic nitrogens is 1. The molecule has 2 fully saturated rings. The molecule has 3 N–H and O–H groups in total. The van der Waals surface area contributed by atoms with Crippen LogP contribution in [0.1, 0.15) is 34.8 Å². The standard InChI is InChI=1S/C11H15N3O2S.ClH/c12-4-10-13-8(5-17-10)11(15)14-7-3-6-1-2-9(7)16-6;/h5-7,9H,1-4,12H2,(H,14,15);1H. The quantitative estimate of drug-likeness (QED) is 0.873. The fraction of sp³-hybridized carbons (Fsp3) is 0.636. The molecule has 1 amide bonds. The maximum absolute atomic E-state index is 11.9. The summed E-state index contributed by atoms with van der Waals surface area (Å²) in [6.45, 7) is 0.384. The van der Waals surface area contributed by atoms with Gasteiger partial charge in [0.1, 0.15) is 10.7 Å². The number of amides is 1. The van der Waals surface area contributed by atoms with Gasteiger partial charge in [-0.1, -0.05) is 0 Å². The minimum absolute atomic E-state index is 0. The molecular formula is C11H16ClN3O2S. The molecule has 2 aliphatic rings. The van der Waals surface area contributed by atoms with Gasteiger partial charge in [0.2, 0.25) is 0 Å². The van der Waals surface area contributed by atoms with Gasteiger partial charge in [0.05, 0.1) is 18.2 Å². The predicted molar refractivity (Wildman–Crippen MR) is 71.0 cm³/mol. The van der Waals surface area contributed by atoms with E-state index in [1.165, 1.54) is 11.3 Å². The molecule has 100 valence electrons. The highest BCUT2D eigenvalue weighted by Crippen LogP contribution is 2.34. The van der Waals surface area contributed by atoms with Crippen molar-refractivity contribution in [2.75, 3.05) is 0 Å². The number of rotatable bonds is 3. The normalized spacial score (nSPS) is 29.1. The molecular weight excluding hydrogens is 274 g/mol. The molecule has 3 rings (SSSR count). The second kappa shape index (κ2) is 5.52. The van der Waals surface area contributed by atoms with E-state index < -0.39 is 0 Å². The highest BCUT2D eigenvalue weighted by molar-refractivity contribution is 7.09. The summed E-state index contributed by atoms with van der Waals surface area (Å²) in [5.74, 6) is -0.109. The number of carbonyl (C=O) groups is 1. The van der Waals surface area contributed by atoms with E-state index in [-0.39, 0.29) is 30.5 Å². The molecule has 0 saturated carbocycles. The van der Waals surface area contributed by atoms with Crippen molar-refractivity contribution in [3.05, 3.63) is 16.1 Å². The lowest BCUT2D eigenvalue weighted by atomic mass is 9.95. The lowest BCUT2D eigenvalue weighted by Gasteiger charge is -2.19. The summed E-state index contributed by atoms with van der Waals surface area (Å²) >= 11 is 1.42. The van der Waals surface area contributed by atoms with Crippen molar-refractivity contribution in [3.8, 4) is 0 Å². The molecule has 2 saturated heterocycles. The summed E-state index contributed by atoms with van der Waals surface area (Å²) in [4.78, 5) is 16.1. The number of halogens is 1. The number of hydrogen-bond acceptors (Lipinski definition) is 5. The molecule has 2 bridgehead atoms. The van der Waals surface area contributed by atoms with Crippen molar-refractivity contribution >= 4 is 29.7 Å². The highest BCUT2D eigenvalue weighted by atomic mass is 35.5. The van der Waals surface area contributed by atoms with E-state index in [9.17, 15) is 4.79 Å². The molecule has 7 heteroatoms. The van der Waals surface area contributed by atoms with Crippen molar-refractivity contribution in [1.29, 1.82) is 0 Å². The first-order valence-corrected chi connectivity index (χ1v) is 6.75. The van der Waals surface area contributed by atoms with E-state index in [0.717, 1.165) is 24.3 Å². The van der Waals surface area contributed by atoms with Gasteiger partial charge in [0, 0.05) is 11.9 Å². The number of hydrogen-bond donors (Lipinski definition) is 2. The SMILES string of the molecule is Cl.NCc1nc(C(=O)NC2CC3CCC2O3)cs1. The van der Waals surface area contributed by atoms with Crippen molar-refractivity contribution in [2.24, 2.45) is 5.73 Å². The van der Waals surface area contributed by atoms with Crippen LogP contribution in [0.4, 0.5) is 0 Å². The number of ether oxygens (including phenoxy) is 1. The summed E-state index contributed by atoms with van der Waals surface area (Å²) in [5, 5.41) is 5.55. The summed E-state index contributed by atoms with van der Waals surface area (Å²) in [6, 6.07) is 0.157. The van der Waals surface area contributed by atoms with Gasteiger partial charge >= 0.3 is 0 Å². The van der Waals surface area contributed by atoms with Crippen LogP contribution in [0.25, 0.3) is 0 Å². The van der Waals surface area contributed by atoms with Gasteiger partial charge in [-0.25, -0.2) is 4.98 Å². The van der Waals surface area contributed by atoms with E-state index in [4.69, 9.17) is 10.5 Å². The molecule has 0 aliphatic carbocycles. The van der Waals surface area contributed by atoms with Crippen molar-refractivity contribution < 1.29 is 9.53 Å². The number of nitrogens with one attached hydrogen (secondary N) is 1. The number of nitrogens with zero attached hydrogens (tertiary/aromatic N) is 1. The molecule has 3 atom stereocenters. The molecule has 3 unspecified atom stereocenters. The van der Waals surface area contributed by atoms with Gasteiger partial charge in [-0.2, -0.15) is 0 Å². The molecule has 0 radical (unpaired) electrons. The average Bonchev–Trinajstić information content (AvgIpc) is 3.04. The van der Waals surface area contributed by atoms with Crippen molar-refractivity contribution in [3.63, 3.8) is 0 Å². The van der Waals surface area contributed by atoms with Crippen LogP contribution in [-0.4, -0.2) is 29.1 Å². The maximum atomic E-state index is 11.9. The molecule has 0 aromatic carbocycles. The van der Waals surface area contributed by atoms with Crippen LogP contribution in [0.2, 0.25) is 0 Å². The Bertz CT molecular complexity index is 440. The first-order valence-electron chi connectivity index (χ1n) is 5.87. The third-order valence-corrected chi connectivity index (χ3v) is 4.25. The van der Waals surface area contributed by atoms with Crippen LogP contribution in [0, 0.1) is 0 Å². The number of nitrogens with two attached hydrogens (primary N) is 1. The zero-order chi connectivity index (χ0) is 11.8. The zero-order valence-corrected chi connectivity index (χ0v) is 11.4. The Labute approximate surface area is 116 Å². The first-order chi connectivity index (χ1) is 8.26. The maximum Gasteiger partial charge on any atom is 0.271 e. The Balaban J connectivity index is 0.00000120. The molecule has 1 aromatic heterocycles. The topological polar surface area (TPSA) is 77.2 Å². The van der Waals surface area contributed by atoms with Crippen LogP contribution >= 0.6 is 23.7 Å². The zero-order valence-electron chi connectivity index (χ0n) is 9.80. The predicted octanol–water partition coefficient (Wildman–Crippen LogP) is 1.07. The van der Waals surface area contributed by atoms with Gasteiger partial charge in [-0.05, 0) is 19.3 Å². The van der Waals surface area contributed by atoms with Crippen LogP contribution in [0.15, 0.2) is 5.38 Å². The van der Waals surface area contributed by atoms with Gasteiger partial charge in [0.15, 0.2) is 0 Å². The largest absolute Gasteiger partial charge is 0.373 e. The molecule has 2 aliphatic heterocycles. The van der Waals surface area contributed by atoms with Crippen molar-refractivity contribution in [1.82, 2.24) is 10.3 Å². The van der Waals surface area contributed by atoms with Crippen molar-refractivity contribution in [2.45, 2.75) is 44.1 Å². The summed E-state index contributed by atoms with van der Waals surface area (Å²) in [5.41, 5.74) is 5.94. The highest BCUT2D eigenvalue weighted by Gasteiger charge is 2.41. The second-order valence-electron chi connectivity index (χ2n) is 4.52. The lowest BCUT2D eigenvalue weighted by Crippen LogP contribution is -2.41. The number of fused-ring (bicyclic) bond motifs is 2. The Morgan fingerprint density at radius 2 is 2.44 bits per heavy atom. The van der Waals surface area contributed by atoms with Crippen LogP contribution in [0.5, 0.6) is 0 Å². The van der Waals surface area contributed by atoms with Gasteiger partial charge in [-0.15, -0.1) is 23.7 Å². The Morgan fingerprint density at radius 3 is 3.00 bits per heavy atom. The number of carbonyl (C=O) groups excluding carboxylic acids is 1.